The van der Waals surface area contributed by atoms with Gasteiger partial charge in [-0.05, 0) is 26.0 Å². The zero-order chi connectivity index (χ0) is 22.7. The Balaban J connectivity index is 1.59. The summed E-state index contributed by atoms with van der Waals surface area (Å²) in [5, 5.41) is 7.21. The molecule has 6 rings (SSSR count). The molecule has 8 heteroatoms. The highest BCUT2D eigenvalue weighted by Crippen LogP contribution is 2.47. The number of para-hydroxylation sites is 1. The van der Waals surface area contributed by atoms with Crippen molar-refractivity contribution in [3.63, 3.8) is 0 Å². The summed E-state index contributed by atoms with van der Waals surface area (Å²) in [5.74, 6) is 0.00631. The van der Waals surface area contributed by atoms with Crippen LogP contribution in [0.2, 0.25) is 0 Å². The van der Waals surface area contributed by atoms with Crippen molar-refractivity contribution in [3.05, 3.63) is 91.6 Å². The zero-order valence-corrected chi connectivity index (χ0v) is 18.8. The fourth-order valence-corrected chi connectivity index (χ4v) is 6.03. The van der Waals surface area contributed by atoms with E-state index in [-0.39, 0.29) is 11.3 Å². The van der Waals surface area contributed by atoms with Crippen LogP contribution in [0.25, 0.3) is 17.3 Å². The van der Waals surface area contributed by atoms with Crippen molar-refractivity contribution in [3.8, 4) is 17.0 Å². The van der Waals surface area contributed by atoms with Crippen molar-refractivity contribution in [1.82, 2.24) is 14.8 Å². The average Bonchev–Trinajstić information content (AvgIpc) is 3.37. The highest BCUT2D eigenvalue weighted by atomic mass is 32.1. The molecular formula is C25H20N4O3S. The lowest BCUT2D eigenvalue weighted by Gasteiger charge is -2.45. The molecule has 2 aliphatic rings. The number of carbonyl (C=O) groups excluding carboxylic acids is 1. The van der Waals surface area contributed by atoms with E-state index in [0.29, 0.717) is 15.1 Å². The molecule has 1 N–H and O–H groups in total. The lowest BCUT2D eigenvalue weighted by atomic mass is 9.79. The summed E-state index contributed by atoms with van der Waals surface area (Å²) in [4.78, 5) is 31.7. The maximum absolute atomic E-state index is 13.7. The van der Waals surface area contributed by atoms with Crippen LogP contribution in [0, 0.1) is 5.92 Å². The molecule has 2 aromatic carbocycles. The van der Waals surface area contributed by atoms with Crippen molar-refractivity contribution in [2.45, 2.75) is 25.6 Å². The van der Waals surface area contributed by atoms with Gasteiger partial charge in [0.15, 0.2) is 4.80 Å². The van der Waals surface area contributed by atoms with Gasteiger partial charge in [-0.25, -0.2) is 4.99 Å². The molecule has 2 aromatic heterocycles. The number of fused-ring (bicyclic) bond motifs is 6. The Morgan fingerprint density at radius 2 is 1.94 bits per heavy atom. The molecule has 2 aliphatic heterocycles. The minimum absolute atomic E-state index is 0.0590. The molecule has 33 heavy (non-hydrogen) atoms. The predicted molar refractivity (Wildman–Crippen MR) is 125 cm³/mol. The molecular weight excluding hydrogens is 436 g/mol. The molecule has 2 bridgehead atoms. The van der Waals surface area contributed by atoms with Crippen molar-refractivity contribution < 1.29 is 9.53 Å². The van der Waals surface area contributed by atoms with E-state index in [0.717, 1.165) is 22.4 Å². The zero-order valence-electron chi connectivity index (χ0n) is 18.0. The van der Waals surface area contributed by atoms with Crippen LogP contribution in [0.1, 0.15) is 31.0 Å². The first-order valence-corrected chi connectivity index (χ1v) is 11.5. The third-order valence-corrected chi connectivity index (χ3v) is 7.32. The summed E-state index contributed by atoms with van der Waals surface area (Å²) in [6.07, 6.45) is 3.54. The van der Waals surface area contributed by atoms with Crippen molar-refractivity contribution in [2.75, 3.05) is 0 Å². The number of hydrogen-bond donors (Lipinski definition) is 1. The van der Waals surface area contributed by atoms with E-state index in [4.69, 9.17) is 9.73 Å². The first-order chi connectivity index (χ1) is 16.0. The number of carbonyl (C=O) groups is 1. The van der Waals surface area contributed by atoms with Gasteiger partial charge in [0.1, 0.15) is 17.5 Å². The molecule has 0 unspecified atom stereocenters. The van der Waals surface area contributed by atoms with Gasteiger partial charge in [-0.3, -0.25) is 19.3 Å². The van der Waals surface area contributed by atoms with E-state index >= 15 is 0 Å². The largest absolute Gasteiger partial charge is 0.465 e. The minimum atomic E-state index is -1.07. The highest BCUT2D eigenvalue weighted by molar-refractivity contribution is 7.07. The van der Waals surface area contributed by atoms with Crippen LogP contribution in [0.3, 0.4) is 0 Å². The number of H-pyrrole nitrogens is 1. The van der Waals surface area contributed by atoms with Crippen LogP contribution < -0.4 is 19.6 Å². The summed E-state index contributed by atoms with van der Waals surface area (Å²) < 4.78 is 8.42. The van der Waals surface area contributed by atoms with Crippen LogP contribution in [-0.4, -0.2) is 26.3 Å². The summed E-state index contributed by atoms with van der Waals surface area (Å²) in [7, 11) is 0. The number of hydrogen-bond acceptors (Lipinski definition) is 6. The number of rotatable bonds is 3. The first-order valence-electron chi connectivity index (χ1n) is 10.7. The summed E-state index contributed by atoms with van der Waals surface area (Å²) >= 11 is 1.30. The monoisotopic (exact) mass is 456 g/mol. The van der Waals surface area contributed by atoms with Crippen molar-refractivity contribution in [1.29, 1.82) is 0 Å². The number of nitrogens with zero attached hydrogens (tertiary/aromatic N) is 3. The smallest absolute Gasteiger partial charge is 0.270 e. The highest BCUT2D eigenvalue weighted by Gasteiger charge is 2.53. The number of aromatic amines is 1. The first kappa shape index (κ1) is 19.9. The third kappa shape index (κ3) is 2.94. The minimum Gasteiger partial charge on any atom is -0.465 e. The Labute approximate surface area is 192 Å². The second kappa shape index (κ2) is 7.11. The third-order valence-electron chi connectivity index (χ3n) is 6.34. The van der Waals surface area contributed by atoms with Crippen molar-refractivity contribution >= 4 is 23.2 Å². The Hall–Kier alpha value is -3.78. The lowest BCUT2D eigenvalue weighted by molar-refractivity contribution is -0.132. The van der Waals surface area contributed by atoms with E-state index in [1.165, 1.54) is 18.3 Å². The molecule has 0 saturated carbocycles. The second-order valence-corrected chi connectivity index (χ2v) is 9.48. The molecule has 4 heterocycles. The molecule has 0 fully saturated rings. The van der Waals surface area contributed by atoms with Gasteiger partial charge in [-0.15, -0.1) is 0 Å². The molecule has 0 aliphatic carbocycles. The number of ketones is 1. The number of thiazole rings is 1. The fraction of sp³-hybridized carbons (Fsp3) is 0.200. The van der Waals surface area contributed by atoms with E-state index < -0.39 is 17.7 Å². The summed E-state index contributed by atoms with van der Waals surface area (Å²) in [6.45, 7) is 3.36. The maximum Gasteiger partial charge on any atom is 0.270 e. The number of nitrogens with one attached hydrogen (secondary N) is 1. The molecule has 7 nitrogen and oxygen atoms in total. The predicted octanol–water partition coefficient (Wildman–Crippen LogP) is 2.67. The van der Waals surface area contributed by atoms with Gasteiger partial charge in [-0.1, -0.05) is 59.9 Å². The molecule has 164 valence electrons. The van der Waals surface area contributed by atoms with E-state index in [9.17, 15) is 9.59 Å². The van der Waals surface area contributed by atoms with Crippen LogP contribution in [-0.2, 0) is 4.79 Å². The Kier molecular flexibility index (Phi) is 4.28. The van der Waals surface area contributed by atoms with Gasteiger partial charge in [0.2, 0.25) is 5.72 Å². The SMILES string of the molecule is CC(=O)[C@@H]1[C@H]2c3ccccc3O[C@]1(C)N=c1s/c(=C/c3cn[nH]c3-c3ccccc3)c(=O)n12. The average molecular weight is 457 g/mol. The number of Topliss-reactive ketones (excluding diaryl/α,β-unsaturated/α-hetero) is 1. The number of aromatic nitrogens is 3. The quantitative estimate of drug-likeness (QED) is 0.513. The van der Waals surface area contributed by atoms with Gasteiger partial charge >= 0.3 is 0 Å². The topological polar surface area (TPSA) is 89.3 Å². The summed E-state index contributed by atoms with van der Waals surface area (Å²) in [5.41, 5.74) is 2.22. The molecule has 4 aromatic rings. The van der Waals surface area contributed by atoms with E-state index in [1.807, 2.05) is 67.6 Å². The molecule has 0 radical (unpaired) electrons. The Morgan fingerprint density at radius 1 is 1.18 bits per heavy atom. The second-order valence-electron chi connectivity index (χ2n) is 8.47. The maximum atomic E-state index is 13.7. The van der Waals surface area contributed by atoms with Gasteiger partial charge in [-0.2, -0.15) is 5.10 Å². The standard InChI is InChI=1S/C25H20N4O3S/c1-14(30)20-22-17-10-6-7-11-18(17)32-25(20,2)27-24-29(22)23(31)19(33-24)12-16-13-26-28-21(16)15-8-4-3-5-9-15/h3-13,20,22H,1-2H3,(H,26,28)/b19-12+/t20-,22-,25+/m1/s1. The number of benzene rings is 2. The fourth-order valence-electron chi connectivity index (χ4n) is 4.94. The van der Waals surface area contributed by atoms with Gasteiger partial charge in [0, 0.05) is 16.7 Å². The van der Waals surface area contributed by atoms with E-state index in [2.05, 4.69) is 10.2 Å². The van der Waals surface area contributed by atoms with Gasteiger partial charge in [0.05, 0.1) is 22.5 Å². The van der Waals surface area contributed by atoms with Crippen LogP contribution in [0.5, 0.6) is 5.75 Å². The summed E-state index contributed by atoms with van der Waals surface area (Å²) in [6, 6.07) is 16.9. The lowest BCUT2D eigenvalue weighted by Crippen LogP contribution is -2.58. The molecule has 3 atom stereocenters. The number of ether oxygens (including phenoxy) is 1. The normalized spacial score (nSPS) is 23.3. The molecule has 0 amide bonds. The Morgan fingerprint density at radius 3 is 2.73 bits per heavy atom. The van der Waals surface area contributed by atoms with Crippen LogP contribution in [0.15, 0.2) is 70.6 Å². The van der Waals surface area contributed by atoms with Crippen molar-refractivity contribution in [2.24, 2.45) is 10.9 Å². The molecule has 0 spiro atoms. The molecule has 0 saturated heterocycles. The van der Waals surface area contributed by atoms with E-state index in [1.54, 1.807) is 10.8 Å². The Bertz CT molecular complexity index is 1580. The van der Waals surface area contributed by atoms with Gasteiger partial charge in [0.25, 0.3) is 5.56 Å². The van der Waals surface area contributed by atoms with Crippen LogP contribution >= 0.6 is 11.3 Å². The van der Waals surface area contributed by atoms with Crippen LogP contribution in [0.4, 0.5) is 0 Å². The van der Waals surface area contributed by atoms with Gasteiger partial charge < -0.3 is 4.74 Å².